The Labute approximate surface area is 168 Å². The average Bonchev–Trinajstić information content (AvgIpc) is 2.89. The first-order valence-electron chi connectivity index (χ1n) is 8.99. The molecule has 0 spiro atoms. The summed E-state index contributed by atoms with van der Waals surface area (Å²) in [7, 11) is 0. The monoisotopic (exact) mass is 423 g/mol. The van der Waals surface area contributed by atoms with E-state index >= 15 is 0 Å². The molecule has 27 heavy (non-hydrogen) atoms. The number of rotatable bonds is 6. The number of hydrogen-bond acceptors (Lipinski definition) is 2. The number of carbonyl (C=O) groups excluding carboxylic acids is 1. The molecule has 1 N–H and O–H groups in total. The standard InChI is InChI=1S/C23H22BrNO2/c1-2-17-9-6-10-20(15-17)25-23(26)21-13-11-19(24)12-14-22(21)27-16-18-7-4-3-5-8-18/h3-10,12-15H,2,11,16H2,1H3,(H,25,26). The van der Waals surface area contributed by atoms with Gasteiger partial charge in [0.1, 0.15) is 12.4 Å². The highest BCUT2D eigenvalue weighted by Gasteiger charge is 2.18. The summed E-state index contributed by atoms with van der Waals surface area (Å²) in [6, 6.07) is 17.8. The third-order valence-corrected chi connectivity index (χ3v) is 4.85. The Balaban J connectivity index is 1.76. The van der Waals surface area contributed by atoms with E-state index in [-0.39, 0.29) is 5.91 Å². The molecular weight excluding hydrogens is 402 g/mol. The molecule has 1 amide bonds. The quantitative estimate of drug-likeness (QED) is 0.627. The number of benzene rings is 2. The molecule has 0 unspecified atom stereocenters. The van der Waals surface area contributed by atoms with Crippen molar-refractivity contribution in [3.8, 4) is 0 Å². The van der Waals surface area contributed by atoms with Crippen LogP contribution in [0.4, 0.5) is 5.69 Å². The van der Waals surface area contributed by atoms with Crippen molar-refractivity contribution >= 4 is 27.5 Å². The summed E-state index contributed by atoms with van der Waals surface area (Å²) < 4.78 is 6.98. The zero-order valence-electron chi connectivity index (χ0n) is 15.2. The second-order valence-electron chi connectivity index (χ2n) is 6.25. The van der Waals surface area contributed by atoms with Crippen LogP contribution < -0.4 is 5.32 Å². The molecule has 0 bridgehead atoms. The molecule has 3 nitrogen and oxygen atoms in total. The van der Waals surface area contributed by atoms with Crippen LogP contribution in [0.5, 0.6) is 0 Å². The number of halogens is 1. The maximum atomic E-state index is 12.9. The maximum Gasteiger partial charge on any atom is 0.259 e. The first kappa shape index (κ1) is 19.2. The molecule has 0 saturated carbocycles. The predicted octanol–water partition coefficient (Wildman–Crippen LogP) is 5.90. The van der Waals surface area contributed by atoms with Gasteiger partial charge in [-0.15, -0.1) is 0 Å². The fourth-order valence-electron chi connectivity index (χ4n) is 2.76. The van der Waals surface area contributed by atoms with Crippen molar-refractivity contribution in [1.29, 1.82) is 0 Å². The minimum atomic E-state index is -0.168. The molecule has 0 saturated heterocycles. The third kappa shape index (κ3) is 5.44. The van der Waals surface area contributed by atoms with Crippen molar-refractivity contribution in [2.75, 3.05) is 5.32 Å². The van der Waals surface area contributed by atoms with Gasteiger partial charge in [-0.25, -0.2) is 0 Å². The fraction of sp³-hybridized carbons (Fsp3) is 0.174. The summed E-state index contributed by atoms with van der Waals surface area (Å²) in [5.41, 5.74) is 3.57. The number of anilines is 1. The van der Waals surface area contributed by atoms with Crippen LogP contribution in [0, 0.1) is 0 Å². The Morgan fingerprint density at radius 2 is 1.85 bits per heavy atom. The molecule has 138 valence electrons. The zero-order valence-corrected chi connectivity index (χ0v) is 16.8. The summed E-state index contributed by atoms with van der Waals surface area (Å²) in [5.74, 6) is 0.399. The summed E-state index contributed by atoms with van der Waals surface area (Å²) >= 11 is 3.51. The molecule has 0 aliphatic heterocycles. The second-order valence-corrected chi connectivity index (χ2v) is 7.27. The van der Waals surface area contributed by atoms with Gasteiger partial charge in [-0.2, -0.15) is 0 Å². The number of hydrogen-bond donors (Lipinski definition) is 1. The van der Waals surface area contributed by atoms with Gasteiger partial charge in [0.15, 0.2) is 0 Å². The Morgan fingerprint density at radius 1 is 1.07 bits per heavy atom. The van der Waals surface area contributed by atoms with Crippen LogP contribution in [0.2, 0.25) is 0 Å². The molecular formula is C23H22BrNO2. The Hall–Kier alpha value is -2.59. The predicted molar refractivity (Wildman–Crippen MR) is 113 cm³/mol. The number of amides is 1. The van der Waals surface area contributed by atoms with Gasteiger partial charge < -0.3 is 10.1 Å². The largest absolute Gasteiger partial charge is 0.488 e. The number of aryl methyl sites for hydroxylation is 1. The third-order valence-electron chi connectivity index (χ3n) is 4.26. The van der Waals surface area contributed by atoms with E-state index < -0.39 is 0 Å². The van der Waals surface area contributed by atoms with Crippen LogP contribution in [-0.4, -0.2) is 5.91 Å². The van der Waals surface area contributed by atoms with Gasteiger partial charge in [-0.05, 0) is 52.7 Å². The first-order valence-corrected chi connectivity index (χ1v) is 9.79. The lowest BCUT2D eigenvalue weighted by Crippen LogP contribution is -2.17. The molecule has 0 fully saturated rings. The minimum absolute atomic E-state index is 0.168. The molecule has 2 aromatic carbocycles. The molecule has 0 aromatic heterocycles. The van der Waals surface area contributed by atoms with E-state index in [0.717, 1.165) is 22.2 Å². The Kier molecular flexibility index (Phi) is 6.66. The first-order chi connectivity index (χ1) is 13.2. The van der Waals surface area contributed by atoms with Gasteiger partial charge in [0.05, 0.1) is 5.57 Å². The number of nitrogens with one attached hydrogen (secondary N) is 1. The normalized spacial score (nSPS) is 13.8. The topological polar surface area (TPSA) is 38.3 Å². The fourth-order valence-corrected chi connectivity index (χ4v) is 3.05. The van der Waals surface area contributed by atoms with E-state index in [1.165, 1.54) is 5.56 Å². The van der Waals surface area contributed by atoms with E-state index in [2.05, 4.69) is 34.2 Å². The van der Waals surface area contributed by atoms with Gasteiger partial charge >= 0.3 is 0 Å². The molecule has 1 aliphatic carbocycles. The molecule has 0 heterocycles. The van der Waals surface area contributed by atoms with Gasteiger partial charge in [-0.1, -0.05) is 71.4 Å². The van der Waals surface area contributed by atoms with Crippen LogP contribution in [-0.2, 0) is 22.6 Å². The van der Waals surface area contributed by atoms with E-state index in [4.69, 9.17) is 4.74 Å². The van der Waals surface area contributed by atoms with Crippen LogP contribution in [0.1, 0.15) is 24.5 Å². The summed E-state index contributed by atoms with van der Waals surface area (Å²) in [6.07, 6.45) is 7.23. The molecule has 3 rings (SSSR count). The van der Waals surface area contributed by atoms with Crippen molar-refractivity contribution < 1.29 is 9.53 Å². The molecule has 0 atom stereocenters. The molecule has 0 radical (unpaired) electrons. The van der Waals surface area contributed by atoms with Gasteiger partial charge in [-0.3, -0.25) is 4.79 Å². The molecule has 2 aromatic rings. The van der Waals surface area contributed by atoms with E-state index in [1.807, 2.05) is 66.8 Å². The van der Waals surface area contributed by atoms with Crippen molar-refractivity contribution in [1.82, 2.24) is 0 Å². The lowest BCUT2D eigenvalue weighted by atomic mass is 10.1. The lowest BCUT2D eigenvalue weighted by Gasteiger charge is -2.14. The highest BCUT2D eigenvalue weighted by Crippen LogP contribution is 2.25. The number of carbonyl (C=O) groups is 1. The second kappa shape index (κ2) is 9.38. The van der Waals surface area contributed by atoms with Crippen LogP contribution in [0.3, 0.4) is 0 Å². The molecule has 1 aliphatic rings. The zero-order chi connectivity index (χ0) is 19.1. The number of allylic oxidation sites excluding steroid dienone is 4. The molecule has 4 heteroatoms. The SMILES string of the molecule is CCc1cccc(NC(=O)C2=CCC(Br)=CC=C2OCc2ccccc2)c1. The average molecular weight is 424 g/mol. The Bertz CT molecular complexity index is 898. The highest BCUT2D eigenvalue weighted by molar-refractivity contribution is 9.11. The van der Waals surface area contributed by atoms with Crippen molar-refractivity contribution in [2.24, 2.45) is 0 Å². The van der Waals surface area contributed by atoms with Crippen molar-refractivity contribution in [3.63, 3.8) is 0 Å². The summed E-state index contributed by atoms with van der Waals surface area (Å²) in [6.45, 7) is 2.50. The van der Waals surface area contributed by atoms with Crippen LogP contribution in [0.25, 0.3) is 0 Å². The van der Waals surface area contributed by atoms with Gasteiger partial charge in [0.2, 0.25) is 0 Å². The smallest absolute Gasteiger partial charge is 0.259 e. The summed E-state index contributed by atoms with van der Waals surface area (Å²) in [4.78, 5) is 12.9. The number of ether oxygens (including phenoxy) is 1. The van der Waals surface area contributed by atoms with E-state index in [0.29, 0.717) is 24.4 Å². The van der Waals surface area contributed by atoms with Gasteiger partial charge in [0.25, 0.3) is 5.91 Å². The Morgan fingerprint density at radius 3 is 2.63 bits per heavy atom. The lowest BCUT2D eigenvalue weighted by molar-refractivity contribution is -0.113. The minimum Gasteiger partial charge on any atom is -0.488 e. The van der Waals surface area contributed by atoms with Crippen LogP contribution >= 0.6 is 15.9 Å². The highest BCUT2D eigenvalue weighted by atomic mass is 79.9. The van der Waals surface area contributed by atoms with E-state index in [1.54, 1.807) is 0 Å². The van der Waals surface area contributed by atoms with Gasteiger partial charge in [0, 0.05) is 5.69 Å². The van der Waals surface area contributed by atoms with E-state index in [9.17, 15) is 4.79 Å². The van der Waals surface area contributed by atoms with Crippen molar-refractivity contribution in [3.05, 3.63) is 99.8 Å². The van der Waals surface area contributed by atoms with Crippen LogP contribution in [0.15, 0.2) is 88.6 Å². The summed E-state index contributed by atoms with van der Waals surface area (Å²) in [5, 5.41) is 2.99. The van der Waals surface area contributed by atoms with Crippen molar-refractivity contribution in [2.45, 2.75) is 26.4 Å². The maximum absolute atomic E-state index is 12.9.